The molecule has 0 aliphatic rings. The third-order valence-corrected chi connectivity index (χ3v) is 3.33. The summed E-state index contributed by atoms with van der Waals surface area (Å²) < 4.78 is 18.8. The summed E-state index contributed by atoms with van der Waals surface area (Å²) in [6, 6.07) is 6.32. The first-order chi connectivity index (χ1) is 8.25. The number of benzene rings is 1. The van der Waals surface area contributed by atoms with Crippen LogP contribution in [0.3, 0.4) is 0 Å². The third-order valence-electron chi connectivity index (χ3n) is 2.51. The monoisotopic (exact) mass is 249 g/mol. The summed E-state index contributed by atoms with van der Waals surface area (Å²) in [4.78, 5) is 4.55. The number of nitrogens with zero attached hydrogens (tertiary/aromatic N) is 1. The Bertz CT molecular complexity index is 648. The van der Waals surface area contributed by atoms with E-state index in [4.69, 9.17) is 4.42 Å². The average Bonchev–Trinajstić information content (AvgIpc) is 2.98. The minimum absolute atomic E-state index is 0.172. The second-order valence-corrected chi connectivity index (χ2v) is 4.53. The second-order valence-electron chi connectivity index (χ2n) is 3.61. The largest absolute Gasteiger partial charge is 0.455 e. The van der Waals surface area contributed by atoms with E-state index in [0.29, 0.717) is 16.0 Å². The normalized spacial score (nSPS) is 13.1. The highest BCUT2D eigenvalue weighted by Crippen LogP contribution is 2.30. The van der Waals surface area contributed by atoms with E-state index < -0.39 is 11.9 Å². The lowest BCUT2D eigenvalue weighted by Crippen LogP contribution is -1.94. The Kier molecular flexibility index (Phi) is 2.42. The van der Waals surface area contributed by atoms with Crippen LogP contribution in [0.2, 0.25) is 0 Å². The molecule has 86 valence electrons. The van der Waals surface area contributed by atoms with E-state index >= 15 is 0 Å². The molecule has 3 rings (SSSR count). The van der Waals surface area contributed by atoms with Gasteiger partial charge in [-0.1, -0.05) is 12.1 Å². The molecule has 0 saturated carbocycles. The highest BCUT2D eigenvalue weighted by atomic mass is 32.1. The van der Waals surface area contributed by atoms with E-state index in [9.17, 15) is 9.50 Å². The van der Waals surface area contributed by atoms with Crippen molar-refractivity contribution in [3.63, 3.8) is 0 Å². The van der Waals surface area contributed by atoms with E-state index in [1.807, 2.05) is 0 Å². The molecule has 0 aliphatic heterocycles. The number of aliphatic hydroxyl groups is 1. The van der Waals surface area contributed by atoms with Crippen LogP contribution in [0.1, 0.15) is 16.7 Å². The minimum atomic E-state index is -0.894. The van der Waals surface area contributed by atoms with Crippen LogP contribution >= 0.6 is 11.3 Å². The summed E-state index contributed by atoms with van der Waals surface area (Å²) >= 11 is 1.33. The van der Waals surface area contributed by atoms with Gasteiger partial charge in [0.15, 0.2) is 11.4 Å². The van der Waals surface area contributed by atoms with Gasteiger partial charge in [-0.25, -0.2) is 4.39 Å². The number of rotatable bonds is 2. The Balaban J connectivity index is 2.10. The van der Waals surface area contributed by atoms with Crippen molar-refractivity contribution in [3.8, 4) is 0 Å². The van der Waals surface area contributed by atoms with Crippen LogP contribution in [0, 0.1) is 5.82 Å². The predicted octanol–water partition coefficient (Wildman–Crippen LogP) is 3.11. The van der Waals surface area contributed by atoms with Gasteiger partial charge in [-0.2, -0.15) is 0 Å². The van der Waals surface area contributed by atoms with Crippen LogP contribution in [0.15, 0.2) is 40.4 Å². The van der Waals surface area contributed by atoms with Crippen molar-refractivity contribution in [1.29, 1.82) is 0 Å². The molecular weight excluding hydrogens is 241 g/mol. The molecule has 1 N–H and O–H groups in total. The number of furan rings is 1. The van der Waals surface area contributed by atoms with E-state index in [2.05, 4.69) is 4.98 Å². The van der Waals surface area contributed by atoms with Gasteiger partial charge in [-0.3, -0.25) is 4.98 Å². The van der Waals surface area contributed by atoms with Crippen molar-refractivity contribution in [3.05, 3.63) is 52.4 Å². The Labute approximate surface area is 100 Å². The Morgan fingerprint density at radius 3 is 3.00 bits per heavy atom. The van der Waals surface area contributed by atoms with Crippen molar-refractivity contribution in [1.82, 2.24) is 4.98 Å². The summed E-state index contributed by atoms with van der Waals surface area (Å²) in [6.07, 6.45) is 0.674. The fraction of sp³-hybridized carbons (Fsp3) is 0.0833. The van der Waals surface area contributed by atoms with Gasteiger partial charge in [0.25, 0.3) is 0 Å². The molecule has 1 aromatic carbocycles. The molecule has 1 atom stereocenters. The zero-order chi connectivity index (χ0) is 11.8. The van der Waals surface area contributed by atoms with E-state index in [-0.39, 0.29) is 5.58 Å². The van der Waals surface area contributed by atoms with Crippen LogP contribution in [0.4, 0.5) is 4.39 Å². The van der Waals surface area contributed by atoms with Crippen LogP contribution in [-0.4, -0.2) is 10.1 Å². The van der Waals surface area contributed by atoms with Crippen LogP contribution < -0.4 is 0 Å². The molecule has 0 amide bonds. The molecule has 0 spiro atoms. The van der Waals surface area contributed by atoms with Gasteiger partial charge in [-0.05, 0) is 12.1 Å². The lowest BCUT2D eigenvalue weighted by atomic mass is 10.2. The molecule has 0 saturated heterocycles. The molecule has 5 heteroatoms. The fourth-order valence-electron chi connectivity index (χ4n) is 1.68. The first-order valence-electron chi connectivity index (χ1n) is 5.00. The Morgan fingerprint density at radius 1 is 1.41 bits per heavy atom. The second kappa shape index (κ2) is 3.94. The van der Waals surface area contributed by atoms with Gasteiger partial charge >= 0.3 is 0 Å². The van der Waals surface area contributed by atoms with E-state index in [0.717, 1.165) is 0 Å². The zero-order valence-corrected chi connectivity index (χ0v) is 9.45. The molecule has 0 aliphatic carbocycles. The summed E-state index contributed by atoms with van der Waals surface area (Å²) in [5.41, 5.74) is 1.80. The predicted molar refractivity (Wildman–Crippen MR) is 62.3 cm³/mol. The Hall–Kier alpha value is -1.72. The van der Waals surface area contributed by atoms with Crippen LogP contribution in [0.25, 0.3) is 11.0 Å². The summed E-state index contributed by atoms with van der Waals surface area (Å²) in [5, 5.41) is 10.7. The smallest absolute Gasteiger partial charge is 0.170 e. The van der Waals surface area contributed by atoms with Gasteiger partial charge in [-0.15, -0.1) is 11.3 Å². The molecule has 17 heavy (non-hydrogen) atoms. The number of hydrogen-bond acceptors (Lipinski definition) is 4. The highest BCUT2D eigenvalue weighted by Gasteiger charge is 2.18. The molecule has 2 heterocycles. The minimum Gasteiger partial charge on any atom is -0.455 e. The molecular formula is C12H8FNO2S. The van der Waals surface area contributed by atoms with E-state index in [1.165, 1.54) is 17.4 Å². The molecule has 1 unspecified atom stereocenters. The van der Waals surface area contributed by atoms with Crippen molar-refractivity contribution in [2.45, 2.75) is 6.10 Å². The molecule has 0 radical (unpaired) electrons. The number of para-hydroxylation sites is 1. The maximum absolute atomic E-state index is 13.4. The summed E-state index contributed by atoms with van der Waals surface area (Å²) in [7, 11) is 0. The lowest BCUT2D eigenvalue weighted by Gasteiger charge is -2.02. The number of aliphatic hydroxyl groups excluding tert-OH is 1. The lowest BCUT2D eigenvalue weighted by molar-refractivity contribution is 0.195. The topological polar surface area (TPSA) is 46.3 Å². The number of aromatic nitrogens is 1. The third kappa shape index (κ3) is 1.73. The standard InChI is InChI=1S/C12H8FNO2S/c13-8-3-1-2-7-4-9(16-12(7)8)11(15)10-5-14-6-17-10/h1-6,11,15H. The van der Waals surface area contributed by atoms with Crippen LogP contribution in [-0.2, 0) is 0 Å². The summed E-state index contributed by atoms with van der Waals surface area (Å²) in [6.45, 7) is 0. The van der Waals surface area contributed by atoms with Crippen molar-refractivity contribution in [2.75, 3.05) is 0 Å². The maximum Gasteiger partial charge on any atom is 0.170 e. The number of thiazole rings is 1. The quantitative estimate of drug-likeness (QED) is 0.759. The molecule has 0 bridgehead atoms. The molecule has 3 aromatic rings. The number of hydrogen-bond donors (Lipinski definition) is 1. The van der Waals surface area contributed by atoms with Gasteiger partial charge in [0.2, 0.25) is 0 Å². The SMILES string of the molecule is OC(c1cc2cccc(F)c2o1)c1cncs1. The molecule has 2 aromatic heterocycles. The fourth-order valence-corrected chi connectivity index (χ4v) is 2.29. The van der Waals surface area contributed by atoms with Gasteiger partial charge < -0.3 is 9.52 Å². The maximum atomic E-state index is 13.4. The van der Waals surface area contributed by atoms with Crippen LogP contribution in [0.5, 0.6) is 0 Å². The number of halogens is 1. The van der Waals surface area contributed by atoms with Crippen molar-refractivity contribution >= 4 is 22.3 Å². The molecule has 3 nitrogen and oxygen atoms in total. The van der Waals surface area contributed by atoms with E-state index in [1.54, 1.807) is 29.9 Å². The van der Waals surface area contributed by atoms with Gasteiger partial charge in [0.1, 0.15) is 11.9 Å². The van der Waals surface area contributed by atoms with Crippen molar-refractivity contribution in [2.24, 2.45) is 0 Å². The van der Waals surface area contributed by atoms with Crippen molar-refractivity contribution < 1.29 is 13.9 Å². The average molecular weight is 249 g/mol. The highest BCUT2D eigenvalue weighted by molar-refractivity contribution is 7.09. The molecule has 0 fully saturated rings. The Morgan fingerprint density at radius 2 is 2.29 bits per heavy atom. The van der Waals surface area contributed by atoms with Gasteiger partial charge in [0.05, 0.1) is 10.4 Å². The zero-order valence-electron chi connectivity index (χ0n) is 8.63. The van der Waals surface area contributed by atoms with Gasteiger partial charge in [0, 0.05) is 11.6 Å². The first-order valence-corrected chi connectivity index (χ1v) is 5.88. The summed E-state index contributed by atoms with van der Waals surface area (Å²) in [5.74, 6) is -0.0976. The first kappa shape index (κ1) is 10.4. The number of fused-ring (bicyclic) bond motifs is 1.